The molecule has 2 heterocycles. The number of ether oxygens (including phenoxy) is 1. The van der Waals surface area contributed by atoms with Gasteiger partial charge in [-0.3, -0.25) is 9.69 Å². The Hall–Kier alpha value is -2.33. The molecule has 0 aliphatic carbocycles. The van der Waals surface area contributed by atoms with Gasteiger partial charge >= 0.3 is 0 Å². The van der Waals surface area contributed by atoms with Gasteiger partial charge in [0.05, 0.1) is 11.7 Å². The molecule has 2 aliphatic heterocycles. The molecule has 0 fully saturated rings. The minimum absolute atomic E-state index is 0.124. The number of benzene rings is 2. The minimum atomic E-state index is -0.124. The molecule has 1 atom stereocenters. The zero-order chi connectivity index (χ0) is 16.5. The Bertz CT molecular complexity index is 772. The molecule has 24 heavy (non-hydrogen) atoms. The lowest BCUT2D eigenvalue weighted by Crippen LogP contribution is -2.42. The fourth-order valence-corrected chi connectivity index (χ4v) is 3.55. The molecule has 0 spiro atoms. The first kappa shape index (κ1) is 15.2. The molecule has 1 N–H and O–H groups in total. The van der Waals surface area contributed by atoms with Crippen LogP contribution in [0.15, 0.2) is 42.5 Å². The molecule has 2 aromatic rings. The normalized spacial score (nSPS) is 17.9. The maximum atomic E-state index is 12.9. The number of carbonyl (C=O) groups excluding carboxylic acids is 1. The number of fused-ring (bicyclic) bond motifs is 2. The first-order valence-corrected chi connectivity index (χ1v) is 8.58. The molecule has 0 radical (unpaired) electrons. The van der Waals surface area contributed by atoms with Gasteiger partial charge in [0, 0.05) is 25.2 Å². The van der Waals surface area contributed by atoms with Crippen molar-refractivity contribution in [2.75, 3.05) is 25.0 Å². The third kappa shape index (κ3) is 2.78. The van der Waals surface area contributed by atoms with E-state index in [1.54, 1.807) is 0 Å². The second-order valence-corrected chi connectivity index (χ2v) is 6.52. The number of hydrogen-bond acceptors (Lipinski definition) is 4. The summed E-state index contributed by atoms with van der Waals surface area (Å²) in [5.41, 5.74) is 4.41. The smallest absolute Gasteiger partial charge is 0.179 e. The lowest BCUT2D eigenvalue weighted by atomic mass is 9.96. The first-order chi connectivity index (χ1) is 11.7. The monoisotopic (exact) mass is 322 g/mol. The van der Waals surface area contributed by atoms with E-state index in [0.717, 1.165) is 43.1 Å². The molecular weight excluding hydrogens is 300 g/mol. The number of anilines is 1. The molecule has 0 saturated heterocycles. The van der Waals surface area contributed by atoms with E-state index >= 15 is 0 Å². The third-order valence-electron chi connectivity index (χ3n) is 5.03. The van der Waals surface area contributed by atoms with Gasteiger partial charge in [0.2, 0.25) is 0 Å². The summed E-state index contributed by atoms with van der Waals surface area (Å²) in [7, 11) is 0. The highest BCUT2D eigenvalue weighted by Gasteiger charge is 2.26. The van der Waals surface area contributed by atoms with Crippen LogP contribution in [0, 0.1) is 0 Å². The third-order valence-corrected chi connectivity index (χ3v) is 5.03. The quantitative estimate of drug-likeness (QED) is 0.882. The van der Waals surface area contributed by atoms with Crippen molar-refractivity contribution in [1.82, 2.24) is 4.90 Å². The largest absolute Gasteiger partial charge is 0.490 e. The number of nitrogens with zero attached hydrogens (tertiary/aromatic N) is 1. The summed E-state index contributed by atoms with van der Waals surface area (Å²) < 4.78 is 5.59. The summed E-state index contributed by atoms with van der Waals surface area (Å²) in [5, 5.41) is 3.30. The number of rotatable bonds is 3. The second-order valence-electron chi connectivity index (χ2n) is 6.52. The minimum Gasteiger partial charge on any atom is -0.490 e. The van der Waals surface area contributed by atoms with Gasteiger partial charge in [-0.15, -0.1) is 0 Å². The van der Waals surface area contributed by atoms with Gasteiger partial charge in [-0.1, -0.05) is 24.3 Å². The van der Waals surface area contributed by atoms with Gasteiger partial charge in [0.25, 0.3) is 0 Å². The predicted molar refractivity (Wildman–Crippen MR) is 94.8 cm³/mol. The van der Waals surface area contributed by atoms with Crippen LogP contribution in [0.1, 0.15) is 28.4 Å². The molecule has 4 heteroatoms. The summed E-state index contributed by atoms with van der Waals surface area (Å²) in [4.78, 5) is 15.2. The lowest BCUT2D eigenvalue weighted by Gasteiger charge is -2.33. The van der Waals surface area contributed by atoms with Crippen LogP contribution in [-0.4, -0.2) is 36.4 Å². The Labute approximate surface area is 142 Å². The van der Waals surface area contributed by atoms with Crippen LogP contribution in [0.4, 0.5) is 5.69 Å². The van der Waals surface area contributed by atoms with E-state index in [0.29, 0.717) is 6.61 Å². The van der Waals surface area contributed by atoms with E-state index in [1.165, 1.54) is 11.1 Å². The Kier molecular flexibility index (Phi) is 3.98. The SMILES string of the molecule is CC(C(=O)c1ccc2c(c1)NCCO2)N1CCc2ccccc2C1. The standard InChI is InChI=1S/C20H22N2O2/c1-14(22-10-8-15-4-2-3-5-17(15)13-22)20(23)16-6-7-19-18(12-16)21-9-11-24-19/h2-7,12,14,21H,8-11,13H2,1H3. The van der Waals surface area contributed by atoms with Gasteiger partial charge in [0.1, 0.15) is 12.4 Å². The van der Waals surface area contributed by atoms with E-state index in [-0.39, 0.29) is 11.8 Å². The number of carbonyl (C=O) groups is 1. The molecular formula is C20H22N2O2. The van der Waals surface area contributed by atoms with Gasteiger partial charge in [-0.2, -0.15) is 0 Å². The summed E-state index contributed by atoms with van der Waals surface area (Å²) in [6.07, 6.45) is 1.01. The van der Waals surface area contributed by atoms with Crippen LogP contribution in [0.3, 0.4) is 0 Å². The van der Waals surface area contributed by atoms with Gasteiger partial charge in [-0.25, -0.2) is 0 Å². The van der Waals surface area contributed by atoms with Crippen molar-refractivity contribution < 1.29 is 9.53 Å². The molecule has 0 saturated carbocycles. The molecule has 124 valence electrons. The van der Waals surface area contributed by atoms with Crippen LogP contribution in [0.25, 0.3) is 0 Å². The van der Waals surface area contributed by atoms with Gasteiger partial charge in [0.15, 0.2) is 5.78 Å². The Morgan fingerprint density at radius 1 is 1.21 bits per heavy atom. The first-order valence-electron chi connectivity index (χ1n) is 8.58. The fraction of sp³-hybridized carbons (Fsp3) is 0.350. The summed E-state index contributed by atoms with van der Waals surface area (Å²) >= 11 is 0. The number of ketones is 1. The van der Waals surface area contributed by atoms with Crippen molar-refractivity contribution in [1.29, 1.82) is 0 Å². The molecule has 2 aromatic carbocycles. The van der Waals surface area contributed by atoms with Crippen LogP contribution >= 0.6 is 0 Å². The molecule has 2 aliphatic rings. The highest BCUT2D eigenvalue weighted by molar-refractivity contribution is 6.01. The van der Waals surface area contributed by atoms with Crippen LogP contribution < -0.4 is 10.1 Å². The summed E-state index contributed by atoms with van der Waals surface area (Å²) in [5.74, 6) is 1.00. The van der Waals surface area contributed by atoms with E-state index in [9.17, 15) is 4.79 Å². The van der Waals surface area contributed by atoms with E-state index < -0.39 is 0 Å². The van der Waals surface area contributed by atoms with Crippen molar-refractivity contribution in [2.45, 2.75) is 25.9 Å². The van der Waals surface area contributed by atoms with Crippen LogP contribution in [-0.2, 0) is 13.0 Å². The van der Waals surface area contributed by atoms with Crippen LogP contribution in [0.5, 0.6) is 5.75 Å². The van der Waals surface area contributed by atoms with Crippen LogP contribution in [0.2, 0.25) is 0 Å². The fourth-order valence-electron chi connectivity index (χ4n) is 3.55. The van der Waals surface area contributed by atoms with Crippen molar-refractivity contribution in [3.05, 3.63) is 59.2 Å². The number of hydrogen-bond donors (Lipinski definition) is 1. The van der Waals surface area contributed by atoms with Gasteiger partial charge in [-0.05, 0) is 42.7 Å². The predicted octanol–water partition coefficient (Wildman–Crippen LogP) is 3.12. The highest BCUT2D eigenvalue weighted by atomic mass is 16.5. The number of Topliss-reactive ketones (excluding diaryl/α,β-unsaturated/α-hetero) is 1. The maximum absolute atomic E-state index is 12.9. The van der Waals surface area contributed by atoms with Gasteiger partial charge < -0.3 is 10.1 Å². The average molecular weight is 322 g/mol. The van der Waals surface area contributed by atoms with Crippen molar-refractivity contribution in [2.24, 2.45) is 0 Å². The zero-order valence-electron chi connectivity index (χ0n) is 13.9. The second kappa shape index (κ2) is 6.29. The van der Waals surface area contributed by atoms with E-state index in [1.807, 2.05) is 25.1 Å². The average Bonchev–Trinajstić information content (AvgIpc) is 2.66. The number of nitrogens with one attached hydrogen (secondary N) is 1. The summed E-state index contributed by atoms with van der Waals surface area (Å²) in [6, 6.07) is 14.1. The highest BCUT2D eigenvalue weighted by Crippen LogP contribution is 2.29. The van der Waals surface area contributed by atoms with E-state index in [2.05, 4.69) is 34.5 Å². The molecule has 0 bridgehead atoms. The molecule has 1 unspecified atom stereocenters. The van der Waals surface area contributed by atoms with Crippen molar-refractivity contribution in [3.8, 4) is 5.75 Å². The molecule has 0 amide bonds. The zero-order valence-corrected chi connectivity index (χ0v) is 13.9. The topological polar surface area (TPSA) is 41.6 Å². The Morgan fingerprint density at radius 2 is 2.04 bits per heavy atom. The molecule has 4 rings (SSSR count). The van der Waals surface area contributed by atoms with Crippen molar-refractivity contribution >= 4 is 11.5 Å². The Morgan fingerprint density at radius 3 is 2.92 bits per heavy atom. The molecule has 4 nitrogen and oxygen atoms in total. The lowest BCUT2D eigenvalue weighted by molar-refractivity contribution is 0.0819. The maximum Gasteiger partial charge on any atom is 0.179 e. The Balaban J connectivity index is 1.52. The van der Waals surface area contributed by atoms with E-state index in [4.69, 9.17) is 4.74 Å². The van der Waals surface area contributed by atoms with Crippen molar-refractivity contribution in [3.63, 3.8) is 0 Å². The molecule has 0 aromatic heterocycles. The summed E-state index contributed by atoms with van der Waals surface area (Å²) in [6.45, 7) is 5.23.